The van der Waals surface area contributed by atoms with Crippen molar-refractivity contribution in [3.63, 3.8) is 0 Å². The molecule has 0 bridgehead atoms. The molecule has 2 aromatic carbocycles. The van der Waals surface area contributed by atoms with Crippen molar-refractivity contribution < 1.29 is 140 Å². The minimum absolute atomic E-state index is 0.966. The maximum Gasteiger partial charge on any atom is 0.460 e. The molecule has 0 aliphatic carbocycles. The highest BCUT2D eigenvalue weighted by Crippen LogP contribution is 2.66. The van der Waals surface area contributed by atoms with E-state index in [4.69, 9.17) is 0 Å². The summed E-state index contributed by atoms with van der Waals surface area (Å²) in [5, 5.41) is 0. The molecule has 0 amide bonds. The van der Waals surface area contributed by atoms with Crippen LogP contribution in [0.4, 0.5) is 152 Å². The fourth-order valence-electron chi connectivity index (χ4n) is 4.98. The van der Waals surface area contributed by atoms with Crippen molar-refractivity contribution in [2.45, 2.75) is 89.3 Å². The molecular formula is C27H10F32N2. The zero-order valence-corrected chi connectivity index (χ0v) is 27.2. The lowest BCUT2D eigenvalue weighted by Crippen LogP contribution is -2.69. The fraction of sp³-hybridized carbons (Fsp3) is 0.556. The van der Waals surface area contributed by atoms with Gasteiger partial charge in [0.2, 0.25) is 5.41 Å². The Kier molecular flexibility index (Phi) is 12.1. The number of nitrogen functional groups attached to an aromatic ring is 2. The van der Waals surface area contributed by atoms with Gasteiger partial charge in [0.15, 0.2) is 0 Å². The van der Waals surface area contributed by atoms with Crippen LogP contribution >= 0.6 is 0 Å². The number of alkyl halides is 32. The van der Waals surface area contributed by atoms with E-state index >= 15 is 17.6 Å². The number of anilines is 2. The van der Waals surface area contributed by atoms with Crippen molar-refractivity contribution in [3.05, 3.63) is 58.7 Å². The Labute approximate surface area is 312 Å². The first-order valence-electron chi connectivity index (χ1n) is 14.1. The van der Waals surface area contributed by atoms with E-state index in [1.807, 2.05) is 0 Å². The molecule has 0 atom stereocenters. The number of rotatable bonds is 12. The molecule has 0 radical (unpaired) electrons. The van der Waals surface area contributed by atoms with Crippen LogP contribution in [-0.4, -0.2) is 72.1 Å². The van der Waals surface area contributed by atoms with Gasteiger partial charge in [0, 0.05) is 11.4 Å². The highest BCUT2D eigenvalue weighted by Gasteiger charge is 2.92. The highest BCUT2D eigenvalue weighted by atomic mass is 19.5. The summed E-state index contributed by atoms with van der Waals surface area (Å²) < 4.78 is 446. The minimum atomic E-state index is -8.80. The van der Waals surface area contributed by atoms with Crippen molar-refractivity contribution >= 4 is 11.4 Å². The summed E-state index contributed by atoms with van der Waals surface area (Å²) in [5.74, 6) is -84.7. The lowest BCUT2D eigenvalue weighted by molar-refractivity contribution is -0.441. The second-order valence-electron chi connectivity index (χ2n) is 12.1. The van der Waals surface area contributed by atoms with E-state index in [0.717, 1.165) is 0 Å². The third kappa shape index (κ3) is 6.83. The zero-order chi connectivity index (χ0) is 49.2. The smallest absolute Gasteiger partial charge is 0.398 e. The highest BCUT2D eigenvalue weighted by molar-refractivity contribution is 5.59. The van der Waals surface area contributed by atoms with Crippen LogP contribution in [0.1, 0.15) is 22.3 Å². The molecule has 0 saturated heterocycles. The lowest BCUT2D eigenvalue weighted by atomic mass is 9.71. The van der Waals surface area contributed by atoms with E-state index in [1.54, 1.807) is 0 Å². The van der Waals surface area contributed by atoms with E-state index in [0.29, 0.717) is 0 Å². The predicted molar refractivity (Wildman–Crippen MR) is 134 cm³/mol. The monoisotopic (exact) mass is 970 g/mol. The van der Waals surface area contributed by atoms with Crippen LogP contribution in [0.25, 0.3) is 0 Å². The molecule has 0 saturated carbocycles. The number of nitrogens with two attached hydrogens (primary N) is 2. The van der Waals surface area contributed by atoms with Crippen LogP contribution in [0.5, 0.6) is 0 Å². The first-order valence-corrected chi connectivity index (χ1v) is 14.1. The summed E-state index contributed by atoms with van der Waals surface area (Å²) in [6.07, 6.45) is -31.4. The molecule has 2 aromatic rings. The average molecular weight is 970 g/mol. The summed E-state index contributed by atoms with van der Waals surface area (Å²) in [4.78, 5) is 0. The number of halogens is 32. The number of hydrogen-bond donors (Lipinski definition) is 2. The summed E-state index contributed by atoms with van der Waals surface area (Å²) in [6, 6.07) is -7.73. The van der Waals surface area contributed by atoms with Gasteiger partial charge in [-0.2, -0.15) is 140 Å². The van der Waals surface area contributed by atoms with Crippen LogP contribution in [0, 0.1) is 0 Å². The average Bonchev–Trinajstić information content (AvgIpc) is 3.03. The van der Waals surface area contributed by atoms with Gasteiger partial charge in [0.25, 0.3) is 0 Å². The molecule has 34 heteroatoms. The topological polar surface area (TPSA) is 52.0 Å². The van der Waals surface area contributed by atoms with Crippen LogP contribution < -0.4 is 11.5 Å². The Morgan fingerprint density at radius 3 is 0.672 bits per heavy atom. The number of hydrogen-bond acceptors (Lipinski definition) is 2. The van der Waals surface area contributed by atoms with Crippen LogP contribution in [-0.2, 0) is 17.3 Å². The fourth-order valence-corrected chi connectivity index (χ4v) is 4.98. The molecule has 352 valence electrons. The Bertz CT molecular complexity index is 1800. The third-order valence-electron chi connectivity index (χ3n) is 8.37. The molecular weight excluding hydrogens is 960 g/mol. The first-order chi connectivity index (χ1) is 26.2. The van der Waals surface area contributed by atoms with Gasteiger partial charge >= 0.3 is 83.9 Å². The molecule has 0 fully saturated rings. The third-order valence-corrected chi connectivity index (χ3v) is 8.37. The van der Waals surface area contributed by atoms with E-state index in [-0.39, 0.29) is 0 Å². The van der Waals surface area contributed by atoms with E-state index < -0.39 is 159 Å². The standard InChI is InChI=1S/C27H10F32N2/c28-14(29,16(32,33)18(36,37)20(40,41)22(44,45)26(54,55)56)9-5-7(1-3-11(9)60)13(24(48,49)50,25(51,52)53)8-2-4-12(61)10(6-8)15(30,31)17(34,35)19(38,39)21(42,43)23(46,47)27(57,58)59/h1-6H,60-61H2. The number of benzene rings is 2. The van der Waals surface area contributed by atoms with Crippen molar-refractivity contribution in [2.24, 2.45) is 0 Å². The molecule has 0 heterocycles. The Balaban J connectivity index is 3.18. The SMILES string of the molecule is Nc1ccc(C(c2ccc(N)c(C(F)(F)C(F)(F)C(F)(F)C(F)(F)C(F)(F)C(F)(F)F)c2)(C(F)(F)F)C(F)(F)F)cc1C(F)(F)C(F)(F)C(F)(F)C(F)(F)C(F)(F)C(F)(F)F. The van der Waals surface area contributed by atoms with E-state index in [9.17, 15) is 123 Å². The van der Waals surface area contributed by atoms with Crippen molar-refractivity contribution in [3.8, 4) is 0 Å². The molecule has 0 spiro atoms. The Morgan fingerprint density at radius 2 is 0.475 bits per heavy atom. The maximum absolute atomic E-state index is 15.1. The van der Waals surface area contributed by atoms with Gasteiger partial charge in [-0.05, 0) is 35.4 Å². The Morgan fingerprint density at radius 1 is 0.262 bits per heavy atom. The van der Waals surface area contributed by atoms with Crippen LogP contribution in [0.3, 0.4) is 0 Å². The van der Waals surface area contributed by atoms with Gasteiger partial charge in [-0.3, -0.25) is 0 Å². The molecule has 0 unspecified atom stereocenters. The maximum atomic E-state index is 15.1. The molecule has 4 N–H and O–H groups in total. The van der Waals surface area contributed by atoms with Crippen LogP contribution in [0.15, 0.2) is 36.4 Å². The molecule has 2 nitrogen and oxygen atoms in total. The second kappa shape index (κ2) is 13.9. The van der Waals surface area contributed by atoms with Gasteiger partial charge in [0.05, 0.1) is 11.1 Å². The first kappa shape index (κ1) is 52.9. The van der Waals surface area contributed by atoms with Gasteiger partial charge in [-0.1, -0.05) is 12.1 Å². The lowest BCUT2D eigenvalue weighted by Gasteiger charge is -2.42. The van der Waals surface area contributed by atoms with E-state index in [1.165, 1.54) is 0 Å². The zero-order valence-electron chi connectivity index (χ0n) is 27.2. The summed E-state index contributed by atoms with van der Waals surface area (Å²) in [5.41, 5.74) is -17.1. The second-order valence-corrected chi connectivity index (χ2v) is 12.1. The molecule has 0 aromatic heterocycles. The van der Waals surface area contributed by atoms with Gasteiger partial charge in [0.1, 0.15) is 0 Å². The molecule has 2 rings (SSSR count). The minimum Gasteiger partial charge on any atom is -0.398 e. The van der Waals surface area contributed by atoms with Gasteiger partial charge < -0.3 is 11.5 Å². The summed E-state index contributed by atoms with van der Waals surface area (Å²) >= 11 is 0. The predicted octanol–water partition coefficient (Wildman–Crippen LogP) is 12.7. The quantitative estimate of drug-likeness (QED) is 0.164. The summed E-state index contributed by atoms with van der Waals surface area (Å²) in [7, 11) is 0. The van der Waals surface area contributed by atoms with Gasteiger partial charge in [-0.25, -0.2) is 0 Å². The van der Waals surface area contributed by atoms with Crippen molar-refractivity contribution in [2.75, 3.05) is 11.5 Å². The molecule has 0 aliphatic heterocycles. The Hall–Kier alpha value is -4.20. The molecule has 0 aliphatic rings. The molecule has 61 heavy (non-hydrogen) atoms. The summed E-state index contributed by atoms with van der Waals surface area (Å²) in [6.45, 7) is 0. The van der Waals surface area contributed by atoms with Crippen molar-refractivity contribution in [1.82, 2.24) is 0 Å². The van der Waals surface area contributed by atoms with Crippen LogP contribution in [0.2, 0.25) is 0 Å². The van der Waals surface area contributed by atoms with Crippen molar-refractivity contribution in [1.29, 1.82) is 0 Å². The van der Waals surface area contributed by atoms with E-state index in [2.05, 4.69) is 11.5 Å². The van der Waals surface area contributed by atoms with Gasteiger partial charge in [-0.15, -0.1) is 0 Å². The largest absolute Gasteiger partial charge is 0.460 e. The normalized spacial score (nSPS) is 16.0.